The average Bonchev–Trinajstić information content (AvgIpc) is 2.65. The van der Waals surface area contributed by atoms with E-state index in [1.807, 2.05) is 24.3 Å². The second-order valence-corrected chi connectivity index (χ2v) is 8.10. The largest absolute Gasteiger partial charge is 0.495 e. The molecule has 2 rings (SSSR count). The van der Waals surface area contributed by atoms with Crippen LogP contribution in [0.5, 0.6) is 11.5 Å². The highest BCUT2D eigenvalue weighted by molar-refractivity contribution is 5.94. The number of amides is 2. The molecule has 2 aromatic carbocycles. The van der Waals surface area contributed by atoms with Crippen LogP contribution in [0.4, 0.5) is 16.2 Å². The lowest BCUT2D eigenvalue weighted by Crippen LogP contribution is -2.27. The SMILES string of the molecule is COc1ccc(NC(=O)COc2ccc(C(C)C)cc2)cc1NC(=O)OC(C)(C)C. The van der Waals surface area contributed by atoms with Crippen LogP contribution in [0, 0.1) is 0 Å². The van der Waals surface area contributed by atoms with Crippen molar-refractivity contribution >= 4 is 23.4 Å². The summed E-state index contributed by atoms with van der Waals surface area (Å²) in [7, 11) is 1.49. The van der Waals surface area contributed by atoms with E-state index in [2.05, 4.69) is 24.5 Å². The Balaban J connectivity index is 1.98. The van der Waals surface area contributed by atoms with E-state index in [1.54, 1.807) is 39.0 Å². The number of carbonyl (C=O) groups is 2. The normalized spacial score (nSPS) is 11.0. The summed E-state index contributed by atoms with van der Waals surface area (Å²) in [6, 6.07) is 12.6. The summed E-state index contributed by atoms with van der Waals surface area (Å²) in [5.41, 5.74) is 1.45. The zero-order chi connectivity index (χ0) is 22.3. The van der Waals surface area contributed by atoms with Crippen LogP contribution in [0.1, 0.15) is 46.1 Å². The highest BCUT2D eigenvalue weighted by Crippen LogP contribution is 2.28. The summed E-state index contributed by atoms with van der Waals surface area (Å²) < 4.78 is 16.1. The van der Waals surface area contributed by atoms with E-state index in [4.69, 9.17) is 14.2 Å². The highest BCUT2D eigenvalue weighted by atomic mass is 16.6. The van der Waals surface area contributed by atoms with Gasteiger partial charge in [0.1, 0.15) is 17.1 Å². The summed E-state index contributed by atoms with van der Waals surface area (Å²) >= 11 is 0. The molecule has 0 saturated heterocycles. The smallest absolute Gasteiger partial charge is 0.412 e. The molecule has 0 aliphatic rings. The number of ether oxygens (including phenoxy) is 3. The fourth-order valence-electron chi connectivity index (χ4n) is 2.59. The van der Waals surface area contributed by atoms with Gasteiger partial charge < -0.3 is 19.5 Å². The highest BCUT2D eigenvalue weighted by Gasteiger charge is 2.18. The van der Waals surface area contributed by atoms with Gasteiger partial charge in [0.25, 0.3) is 5.91 Å². The van der Waals surface area contributed by atoms with Crippen molar-refractivity contribution in [2.75, 3.05) is 24.4 Å². The van der Waals surface area contributed by atoms with Crippen LogP contribution in [-0.2, 0) is 9.53 Å². The Hall–Kier alpha value is -3.22. The van der Waals surface area contributed by atoms with Crippen LogP contribution in [0.3, 0.4) is 0 Å². The summed E-state index contributed by atoms with van der Waals surface area (Å²) in [6.07, 6.45) is -0.613. The third kappa shape index (κ3) is 7.31. The van der Waals surface area contributed by atoms with Gasteiger partial charge in [-0.2, -0.15) is 0 Å². The topological polar surface area (TPSA) is 85.9 Å². The molecule has 0 fully saturated rings. The zero-order valence-electron chi connectivity index (χ0n) is 18.4. The number of methoxy groups -OCH3 is 1. The maximum absolute atomic E-state index is 12.3. The third-order valence-corrected chi connectivity index (χ3v) is 4.04. The Morgan fingerprint density at radius 3 is 2.23 bits per heavy atom. The number of anilines is 2. The van der Waals surface area contributed by atoms with Crippen LogP contribution >= 0.6 is 0 Å². The lowest BCUT2D eigenvalue weighted by Gasteiger charge is -2.20. The summed E-state index contributed by atoms with van der Waals surface area (Å²) in [5.74, 6) is 1.18. The van der Waals surface area contributed by atoms with Crippen molar-refractivity contribution in [3.63, 3.8) is 0 Å². The minimum absolute atomic E-state index is 0.137. The van der Waals surface area contributed by atoms with Gasteiger partial charge in [-0.05, 0) is 62.6 Å². The van der Waals surface area contributed by atoms with Gasteiger partial charge in [0.15, 0.2) is 6.61 Å². The molecule has 0 heterocycles. The fourth-order valence-corrected chi connectivity index (χ4v) is 2.59. The van der Waals surface area contributed by atoms with Crippen molar-refractivity contribution in [1.82, 2.24) is 0 Å². The van der Waals surface area contributed by atoms with Crippen LogP contribution in [-0.4, -0.2) is 31.3 Å². The number of rotatable bonds is 7. The Morgan fingerprint density at radius 1 is 1.00 bits per heavy atom. The van der Waals surface area contributed by atoms with E-state index in [0.29, 0.717) is 28.8 Å². The second kappa shape index (κ2) is 10.0. The van der Waals surface area contributed by atoms with E-state index < -0.39 is 11.7 Å². The third-order valence-electron chi connectivity index (χ3n) is 4.04. The first-order valence-corrected chi connectivity index (χ1v) is 9.78. The fraction of sp³-hybridized carbons (Fsp3) is 0.391. The molecule has 0 saturated carbocycles. The van der Waals surface area contributed by atoms with Crippen LogP contribution in [0.15, 0.2) is 42.5 Å². The predicted octanol–water partition coefficient (Wildman–Crippen LogP) is 5.18. The molecule has 0 aliphatic carbocycles. The number of benzene rings is 2. The lowest BCUT2D eigenvalue weighted by molar-refractivity contribution is -0.118. The summed E-state index contributed by atoms with van der Waals surface area (Å²) in [5, 5.41) is 5.38. The molecular formula is C23H30N2O5. The van der Waals surface area contributed by atoms with Crippen molar-refractivity contribution in [2.24, 2.45) is 0 Å². The zero-order valence-corrected chi connectivity index (χ0v) is 18.4. The average molecular weight is 415 g/mol. The van der Waals surface area contributed by atoms with Gasteiger partial charge >= 0.3 is 6.09 Å². The van der Waals surface area contributed by atoms with E-state index in [1.165, 1.54) is 12.7 Å². The number of hydrogen-bond acceptors (Lipinski definition) is 5. The standard InChI is InChI=1S/C23H30N2O5/c1-15(2)16-7-10-18(11-8-16)29-14-21(26)24-17-9-12-20(28-6)19(13-17)25-22(27)30-23(3,4)5/h7-13,15H,14H2,1-6H3,(H,24,26)(H,25,27). The Bertz CT molecular complexity index is 870. The van der Waals surface area contributed by atoms with Crippen molar-refractivity contribution in [2.45, 2.75) is 46.1 Å². The second-order valence-electron chi connectivity index (χ2n) is 8.10. The molecule has 30 heavy (non-hydrogen) atoms. The first-order valence-electron chi connectivity index (χ1n) is 9.78. The summed E-state index contributed by atoms with van der Waals surface area (Å²) in [4.78, 5) is 24.3. The van der Waals surface area contributed by atoms with Gasteiger partial charge in [0.2, 0.25) is 0 Å². The molecule has 0 bridgehead atoms. The first-order chi connectivity index (χ1) is 14.1. The Kier molecular flexibility index (Phi) is 7.69. The number of carbonyl (C=O) groups excluding carboxylic acids is 2. The monoisotopic (exact) mass is 414 g/mol. The molecule has 0 radical (unpaired) electrons. The van der Waals surface area contributed by atoms with E-state index in [0.717, 1.165) is 0 Å². The maximum atomic E-state index is 12.3. The first kappa shape index (κ1) is 23.1. The molecule has 0 atom stereocenters. The van der Waals surface area contributed by atoms with Crippen LogP contribution < -0.4 is 20.1 Å². The molecule has 2 N–H and O–H groups in total. The molecule has 0 unspecified atom stereocenters. The van der Waals surface area contributed by atoms with Gasteiger partial charge in [0, 0.05) is 5.69 Å². The van der Waals surface area contributed by atoms with Crippen LogP contribution in [0.2, 0.25) is 0 Å². The Labute approximate surface area is 177 Å². The number of hydrogen-bond donors (Lipinski definition) is 2. The van der Waals surface area contributed by atoms with Gasteiger partial charge in [-0.3, -0.25) is 10.1 Å². The molecule has 162 valence electrons. The van der Waals surface area contributed by atoms with E-state index >= 15 is 0 Å². The van der Waals surface area contributed by atoms with Gasteiger partial charge in [-0.1, -0.05) is 26.0 Å². The number of nitrogens with one attached hydrogen (secondary N) is 2. The minimum Gasteiger partial charge on any atom is -0.495 e. The van der Waals surface area contributed by atoms with Crippen molar-refractivity contribution < 1.29 is 23.8 Å². The van der Waals surface area contributed by atoms with Crippen LogP contribution in [0.25, 0.3) is 0 Å². The van der Waals surface area contributed by atoms with Crippen molar-refractivity contribution in [1.29, 1.82) is 0 Å². The van der Waals surface area contributed by atoms with Gasteiger partial charge in [0.05, 0.1) is 12.8 Å². The van der Waals surface area contributed by atoms with Gasteiger partial charge in [-0.25, -0.2) is 4.79 Å². The lowest BCUT2D eigenvalue weighted by atomic mass is 10.0. The Morgan fingerprint density at radius 2 is 1.67 bits per heavy atom. The van der Waals surface area contributed by atoms with Crippen molar-refractivity contribution in [3.8, 4) is 11.5 Å². The molecule has 2 aromatic rings. The summed E-state index contributed by atoms with van der Waals surface area (Å²) in [6.45, 7) is 9.42. The van der Waals surface area contributed by atoms with Gasteiger partial charge in [-0.15, -0.1) is 0 Å². The molecule has 2 amide bonds. The molecule has 0 aliphatic heterocycles. The maximum Gasteiger partial charge on any atom is 0.412 e. The predicted molar refractivity (Wildman–Crippen MR) is 118 cm³/mol. The molecule has 0 aromatic heterocycles. The molecule has 7 heteroatoms. The quantitative estimate of drug-likeness (QED) is 0.652. The molecule has 7 nitrogen and oxygen atoms in total. The van der Waals surface area contributed by atoms with E-state index in [9.17, 15) is 9.59 Å². The van der Waals surface area contributed by atoms with Crippen molar-refractivity contribution in [3.05, 3.63) is 48.0 Å². The molecular weight excluding hydrogens is 384 g/mol. The van der Waals surface area contributed by atoms with E-state index in [-0.39, 0.29) is 12.5 Å². The minimum atomic E-state index is -0.631. The molecule has 0 spiro atoms.